The van der Waals surface area contributed by atoms with Crippen molar-refractivity contribution in [2.45, 2.75) is 83.3 Å². The monoisotopic (exact) mass is 595 g/mol. The van der Waals surface area contributed by atoms with Crippen molar-refractivity contribution in [1.82, 2.24) is 10.2 Å². The number of nitrogens with zero attached hydrogens (tertiary/aromatic N) is 1. The van der Waals surface area contributed by atoms with Gasteiger partial charge >= 0.3 is 0 Å². The lowest BCUT2D eigenvalue weighted by molar-refractivity contribution is -0.134. The lowest BCUT2D eigenvalue weighted by Crippen LogP contribution is -2.46. The molecule has 1 aromatic carbocycles. The molecule has 0 bridgehead atoms. The Morgan fingerprint density at radius 1 is 1.12 bits per heavy atom. The largest absolute Gasteiger partial charge is 0.379 e. The molecular weight excluding hydrogens is 550 g/mol. The van der Waals surface area contributed by atoms with Gasteiger partial charge in [0.15, 0.2) is 11.6 Å². The predicted octanol–water partition coefficient (Wildman–Crippen LogP) is 2.65. The van der Waals surface area contributed by atoms with E-state index in [9.17, 15) is 24.0 Å². The van der Waals surface area contributed by atoms with Crippen LogP contribution < -0.4 is 10.6 Å². The first-order valence-corrected chi connectivity index (χ1v) is 15.8. The van der Waals surface area contributed by atoms with Gasteiger partial charge in [-0.1, -0.05) is 44.7 Å². The molecule has 0 aromatic heterocycles. The van der Waals surface area contributed by atoms with Crippen LogP contribution in [0.3, 0.4) is 0 Å². The quantitative estimate of drug-likeness (QED) is 0.296. The SMILES string of the molecule is C[C@H](CC(=O)CN1CCOCC1)C(=O)N[C@@H](Cc1ccc2c(c1)CC(=O)N2)C(=O)C[C@@H](CC1CCCC1)C(=O)[C@@]1(C)CO1. The first-order chi connectivity index (χ1) is 20.6. The summed E-state index contributed by atoms with van der Waals surface area (Å²) in [5.41, 5.74) is 1.61. The second-order valence-corrected chi connectivity index (χ2v) is 13.2. The summed E-state index contributed by atoms with van der Waals surface area (Å²) >= 11 is 0. The lowest BCUT2D eigenvalue weighted by Gasteiger charge is -2.26. The highest BCUT2D eigenvalue weighted by atomic mass is 16.6. The van der Waals surface area contributed by atoms with Gasteiger partial charge in [0.25, 0.3) is 0 Å². The molecule has 3 aliphatic heterocycles. The molecule has 1 aliphatic carbocycles. The minimum absolute atomic E-state index is 0.0249. The maximum absolute atomic E-state index is 14.0. The van der Waals surface area contributed by atoms with E-state index in [4.69, 9.17) is 9.47 Å². The molecule has 2 saturated heterocycles. The van der Waals surface area contributed by atoms with Crippen molar-refractivity contribution in [2.24, 2.45) is 17.8 Å². The van der Waals surface area contributed by atoms with Crippen LogP contribution in [-0.2, 0) is 46.3 Å². The number of rotatable bonds is 15. The zero-order valence-electron chi connectivity index (χ0n) is 25.5. The Balaban J connectivity index is 1.28. The summed E-state index contributed by atoms with van der Waals surface area (Å²) < 4.78 is 10.8. The highest BCUT2D eigenvalue weighted by molar-refractivity contribution is 5.99. The number of epoxide rings is 1. The van der Waals surface area contributed by atoms with Crippen molar-refractivity contribution in [2.75, 3.05) is 44.8 Å². The number of ether oxygens (including phenoxy) is 2. The Morgan fingerprint density at radius 3 is 2.53 bits per heavy atom. The molecule has 4 aliphatic rings. The third-order valence-corrected chi connectivity index (χ3v) is 9.43. The minimum Gasteiger partial charge on any atom is -0.379 e. The van der Waals surface area contributed by atoms with Gasteiger partial charge in [-0.3, -0.25) is 28.9 Å². The van der Waals surface area contributed by atoms with Gasteiger partial charge in [-0.05, 0) is 42.9 Å². The van der Waals surface area contributed by atoms with E-state index in [1.165, 1.54) is 0 Å². The Bertz CT molecular complexity index is 1230. The third kappa shape index (κ3) is 8.37. The van der Waals surface area contributed by atoms with Crippen molar-refractivity contribution < 1.29 is 33.4 Å². The van der Waals surface area contributed by atoms with Crippen LogP contribution in [0, 0.1) is 17.8 Å². The first kappa shape index (κ1) is 31.5. The number of hydrogen-bond donors (Lipinski definition) is 2. The molecular formula is C33H45N3O7. The topological polar surface area (TPSA) is 134 Å². The summed E-state index contributed by atoms with van der Waals surface area (Å²) in [6.45, 7) is 6.71. The van der Waals surface area contributed by atoms with Crippen LogP contribution in [0.25, 0.3) is 0 Å². The molecule has 234 valence electrons. The Labute approximate surface area is 253 Å². The zero-order valence-corrected chi connectivity index (χ0v) is 25.5. The molecule has 1 aromatic rings. The molecule has 10 heteroatoms. The molecule has 0 radical (unpaired) electrons. The van der Waals surface area contributed by atoms with E-state index in [0.29, 0.717) is 45.2 Å². The van der Waals surface area contributed by atoms with Crippen LogP contribution in [0.2, 0.25) is 0 Å². The summed E-state index contributed by atoms with van der Waals surface area (Å²) in [6.07, 6.45) is 5.69. The van der Waals surface area contributed by atoms with Crippen LogP contribution in [0.15, 0.2) is 18.2 Å². The second-order valence-electron chi connectivity index (χ2n) is 13.2. The number of carbonyl (C=O) groups excluding carboxylic acids is 5. The van der Waals surface area contributed by atoms with Gasteiger partial charge in [0, 0.05) is 43.5 Å². The molecule has 43 heavy (non-hydrogen) atoms. The van der Waals surface area contributed by atoms with Crippen LogP contribution in [0.5, 0.6) is 0 Å². The van der Waals surface area contributed by atoms with E-state index in [1.807, 2.05) is 23.1 Å². The maximum Gasteiger partial charge on any atom is 0.228 e. The fraction of sp³-hybridized carbons (Fsp3) is 0.667. The number of nitrogens with one attached hydrogen (secondary N) is 2. The predicted molar refractivity (Wildman–Crippen MR) is 160 cm³/mol. The highest BCUT2D eigenvalue weighted by Gasteiger charge is 2.50. The van der Waals surface area contributed by atoms with Crippen molar-refractivity contribution in [1.29, 1.82) is 0 Å². The summed E-state index contributed by atoms with van der Waals surface area (Å²) in [4.78, 5) is 67.5. The summed E-state index contributed by atoms with van der Waals surface area (Å²) in [7, 11) is 0. The van der Waals surface area contributed by atoms with Crippen molar-refractivity contribution in [3.8, 4) is 0 Å². The number of ketones is 3. The number of hydrogen-bond acceptors (Lipinski definition) is 8. The number of fused-ring (bicyclic) bond motifs is 1. The number of carbonyl (C=O) groups is 5. The Morgan fingerprint density at radius 2 is 1.84 bits per heavy atom. The van der Waals surface area contributed by atoms with E-state index in [0.717, 1.165) is 42.5 Å². The van der Waals surface area contributed by atoms with Gasteiger partial charge in [-0.25, -0.2) is 0 Å². The average Bonchev–Trinajstić information content (AvgIpc) is 3.34. The van der Waals surface area contributed by atoms with Crippen molar-refractivity contribution >= 4 is 34.9 Å². The molecule has 4 atom stereocenters. The Kier molecular flexibility index (Phi) is 10.1. The van der Waals surface area contributed by atoms with E-state index in [2.05, 4.69) is 10.6 Å². The van der Waals surface area contributed by atoms with E-state index in [1.54, 1.807) is 13.8 Å². The number of Topliss-reactive ketones (excluding diaryl/α,β-unsaturated/α-hetero) is 3. The van der Waals surface area contributed by atoms with Gasteiger partial charge < -0.3 is 20.1 Å². The van der Waals surface area contributed by atoms with Crippen LogP contribution >= 0.6 is 0 Å². The maximum atomic E-state index is 14.0. The summed E-state index contributed by atoms with van der Waals surface area (Å²) in [6, 6.07) is 4.71. The van der Waals surface area contributed by atoms with Crippen LogP contribution in [-0.4, -0.2) is 85.2 Å². The van der Waals surface area contributed by atoms with Gasteiger partial charge in [-0.2, -0.15) is 0 Å². The first-order valence-electron chi connectivity index (χ1n) is 15.8. The smallest absolute Gasteiger partial charge is 0.228 e. The van der Waals surface area contributed by atoms with Crippen LogP contribution in [0.4, 0.5) is 5.69 Å². The zero-order chi connectivity index (χ0) is 30.6. The van der Waals surface area contributed by atoms with Gasteiger partial charge in [0.2, 0.25) is 11.8 Å². The molecule has 1 saturated carbocycles. The van der Waals surface area contributed by atoms with Crippen LogP contribution in [0.1, 0.15) is 69.9 Å². The summed E-state index contributed by atoms with van der Waals surface area (Å²) in [5.74, 6) is -1.34. The summed E-state index contributed by atoms with van der Waals surface area (Å²) in [5, 5.41) is 5.76. The van der Waals surface area contributed by atoms with Crippen molar-refractivity contribution in [3.05, 3.63) is 29.3 Å². The second kappa shape index (κ2) is 13.8. The Hall–Kier alpha value is -2.95. The lowest BCUT2D eigenvalue weighted by atomic mass is 9.81. The molecule has 5 rings (SSSR count). The molecule has 2 N–H and O–H groups in total. The third-order valence-electron chi connectivity index (χ3n) is 9.43. The molecule has 0 spiro atoms. The average molecular weight is 596 g/mol. The van der Waals surface area contributed by atoms with E-state index in [-0.39, 0.29) is 61.4 Å². The standard InChI is InChI=1S/C33H45N3O7/c1-21(13-26(37)19-36-9-11-42-12-10-36)32(41)35-28(16-23-7-8-27-24(15-23)18-30(39)34-27)29(38)17-25(14-22-5-3-4-6-22)31(40)33(2)20-43-33/h7-8,15,21-22,25,28H,3-6,9-14,16-20H2,1-2H3,(H,34,39)(H,35,41)/t21-,25-,28+,33-/m1/s1. The molecule has 0 unspecified atom stereocenters. The van der Waals surface area contributed by atoms with E-state index < -0.39 is 23.5 Å². The van der Waals surface area contributed by atoms with Gasteiger partial charge in [-0.15, -0.1) is 0 Å². The fourth-order valence-electron chi connectivity index (χ4n) is 6.71. The number of morpholine rings is 1. The molecule has 3 fully saturated rings. The van der Waals surface area contributed by atoms with Gasteiger partial charge in [0.05, 0.1) is 38.8 Å². The minimum atomic E-state index is -0.862. The van der Waals surface area contributed by atoms with E-state index >= 15 is 0 Å². The van der Waals surface area contributed by atoms with Crippen molar-refractivity contribution in [3.63, 3.8) is 0 Å². The van der Waals surface area contributed by atoms with Gasteiger partial charge in [0.1, 0.15) is 11.4 Å². The molecule has 3 heterocycles. The normalized spacial score (nSPS) is 24.1. The number of amides is 2. The highest BCUT2D eigenvalue weighted by Crippen LogP contribution is 2.37. The molecule has 2 amide bonds. The molecule has 10 nitrogen and oxygen atoms in total. The number of anilines is 1. The fourth-order valence-corrected chi connectivity index (χ4v) is 6.71. The number of benzene rings is 1.